The van der Waals surface area contributed by atoms with Crippen LogP contribution in [0.25, 0.3) is 0 Å². The van der Waals surface area contributed by atoms with Gasteiger partial charge in [0.1, 0.15) is 5.75 Å². The van der Waals surface area contributed by atoms with Crippen molar-refractivity contribution in [2.75, 3.05) is 0 Å². The van der Waals surface area contributed by atoms with Gasteiger partial charge in [-0.1, -0.05) is 0 Å². The van der Waals surface area contributed by atoms with Crippen molar-refractivity contribution in [3.8, 4) is 5.75 Å². The van der Waals surface area contributed by atoms with Gasteiger partial charge in [-0.3, -0.25) is 4.79 Å². The number of ether oxygens (including phenoxy) is 1. The molecule has 3 nitrogen and oxygen atoms in total. The normalized spacial score (nSPS) is 15.2. The van der Waals surface area contributed by atoms with Gasteiger partial charge in [0.2, 0.25) is 0 Å². The van der Waals surface area contributed by atoms with Crippen LogP contribution in [-0.2, 0) is 0 Å². The Morgan fingerprint density at radius 2 is 1.68 bits per heavy atom. The van der Waals surface area contributed by atoms with Crippen LogP contribution in [0.4, 0.5) is 13.2 Å². The molecule has 0 aliphatic rings. The molecule has 0 heterocycles. The van der Waals surface area contributed by atoms with Crippen LogP contribution >= 0.6 is 0 Å². The number of carbonyl (C=O) groups is 1. The molecule has 0 aromatic heterocycles. The van der Waals surface area contributed by atoms with E-state index in [0.29, 0.717) is 12.7 Å². The number of ketones is 1. The van der Waals surface area contributed by atoms with E-state index >= 15 is 0 Å². The van der Waals surface area contributed by atoms with Gasteiger partial charge >= 0.3 is 6.18 Å². The lowest BCUT2D eigenvalue weighted by Gasteiger charge is -2.26. The lowest BCUT2D eigenvalue weighted by atomic mass is 9.91. The van der Waals surface area contributed by atoms with Gasteiger partial charge in [-0.05, 0) is 45.0 Å². The van der Waals surface area contributed by atoms with E-state index in [1.165, 1.54) is 24.3 Å². The number of halogens is 3. The summed E-state index contributed by atoms with van der Waals surface area (Å²) in [6, 6.07) is 5.44. The summed E-state index contributed by atoms with van der Waals surface area (Å²) >= 11 is 0. The molecule has 0 radical (unpaired) electrons. The van der Waals surface area contributed by atoms with E-state index in [0.717, 1.165) is 0 Å². The fourth-order valence-corrected chi connectivity index (χ4v) is 1.39. The third kappa shape index (κ3) is 3.47. The Morgan fingerprint density at radius 1 is 1.21 bits per heavy atom. The van der Waals surface area contributed by atoms with Crippen molar-refractivity contribution >= 4 is 5.78 Å². The smallest absolute Gasteiger partial charge is 0.413 e. The van der Waals surface area contributed by atoms with E-state index in [2.05, 4.69) is 0 Å². The van der Waals surface area contributed by atoms with Gasteiger partial charge < -0.3 is 10.5 Å². The zero-order valence-corrected chi connectivity index (χ0v) is 10.9. The van der Waals surface area contributed by atoms with Gasteiger partial charge in [-0.2, -0.15) is 13.2 Å². The van der Waals surface area contributed by atoms with Gasteiger partial charge in [0.05, 0.1) is 6.10 Å². The quantitative estimate of drug-likeness (QED) is 0.859. The minimum atomic E-state index is -4.79. The zero-order chi connectivity index (χ0) is 14.8. The standard InChI is InChI=1S/C13H16F3NO2/c1-8(2)19-10-6-4-9(5-7-10)11(18)12(3,17)13(14,15)16/h4-8H,17H2,1-3H3. The maximum atomic E-state index is 12.7. The van der Waals surface area contributed by atoms with Crippen molar-refractivity contribution in [2.24, 2.45) is 5.73 Å². The summed E-state index contributed by atoms with van der Waals surface area (Å²) in [5, 5.41) is 0. The second-order valence-corrected chi connectivity index (χ2v) is 4.72. The summed E-state index contributed by atoms with van der Waals surface area (Å²) in [5.74, 6) is -0.687. The molecule has 0 aliphatic heterocycles. The van der Waals surface area contributed by atoms with Crippen LogP contribution in [0.2, 0.25) is 0 Å². The molecule has 0 aliphatic carbocycles. The molecule has 1 rings (SSSR count). The summed E-state index contributed by atoms with van der Waals surface area (Å²) in [6.07, 6.45) is -4.85. The van der Waals surface area contributed by atoms with Crippen molar-refractivity contribution in [1.82, 2.24) is 0 Å². The molecule has 0 spiro atoms. The number of benzene rings is 1. The van der Waals surface area contributed by atoms with Gasteiger partial charge in [-0.15, -0.1) is 0 Å². The zero-order valence-electron chi connectivity index (χ0n) is 10.9. The fraction of sp³-hybridized carbons (Fsp3) is 0.462. The molecule has 1 aromatic carbocycles. The number of hydrogen-bond acceptors (Lipinski definition) is 3. The third-order valence-corrected chi connectivity index (χ3v) is 2.55. The molecule has 2 N–H and O–H groups in total. The van der Waals surface area contributed by atoms with Gasteiger partial charge in [0, 0.05) is 5.56 Å². The first-order valence-corrected chi connectivity index (χ1v) is 5.73. The highest BCUT2D eigenvalue weighted by molar-refractivity contribution is 6.03. The Labute approximate surface area is 109 Å². The Kier molecular flexibility index (Phi) is 4.25. The van der Waals surface area contributed by atoms with E-state index in [4.69, 9.17) is 10.5 Å². The highest BCUT2D eigenvalue weighted by Gasteiger charge is 2.53. The summed E-state index contributed by atoms with van der Waals surface area (Å²) in [5.41, 5.74) is 2.09. The lowest BCUT2D eigenvalue weighted by molar-refractivity contribution is -0.165. The monoisotopic (exact) mass is 275 g/mol. The second kappa shape index (κ2) is 5.21. The second-order valence-electron chi connectivity index (χ2n) is 4.72. The van der Waals surface area contributed by atoms with E-state index in [9.17, 15) is 18.0 Å². The SMILES string of the molecule is CC(C)Oc1ccc(C(=O)C(C)(N)C(F)(F)F)cc1. The first kappa shape index (κ1) is 15.5. The van der Waals surface area contributed by atoms with Crippen LogP contribution in [0.5, 0.6) is 5.75 Å². The summed E-state index contributed by atoms with van der Waals surface area (Å²) in [6.45, 7) is 4.30. The Morgan fingerprint density at radius 3 is 2.05 bits per heavy atom. The first-order chi connectivity index (χ1) is 8.55. The molecule has 0 bridgehead atoms. The number of alkyl halides is 3. The minimum Gasteiger partial charge on any atom is -0.491 e. The molecule has 6 heteroatoms. The number of Topliss-reactive ketones (excluding diaryl/α,β-unsaturated/α-hetero) is 1. The van der Waals surface area contributed by atoms with E-state index in [1.54, 1.807) is 0 Å². The van der Waals surface area contributed by atoms with E-state index in [1.807, 2.05) is 13.8 Å². The maximum Gasteiger partial charge on any atom is 0.413 e. The Bertz CT molecular complexity index is 450. The van der Waals surface area contributed by atoms with Crippen molar-refractivity contribution in [2.45, 2.75) is 38.6 Å². The number of rotatable bonds is 4. The number of carbonyl (C=O) groups excluding carboxylic acids is 1. The van der Waals surface area contributed by atoms with Crippen LogP contribution < -0.4 is 10.5 Å². The third-order valence-electron chi connectivity index (χ3n) is 2.55. The molecule has 106 valence electrons. The van der Waals surface area contributed by atoms with Crippen LogP contribution in [-0.4, -0.2) is 23.6 Å². The van der Waals surface area contributed by atoms with E-state index < -0.39 is 17.5 Å². The fourth-order valence-electron chi connectivity index (χ4n) is 1.39. The molecular weight excluding hydrogens is 259 g/mol. The Hall–Kier alpha value is -1.56. The summed E-state index contributed by atoms with van der Waals surface area (Å²) in [7, 11) is 0. The molecule has 0 saturated carbocycles. The average molecular weight is 275 g/mol. The molecule has 19 heavy (non-hydrogen) atoms. The lowest BCUT2D eigenvalue weighted by Crippen LogP contribution is -2.57. The average Bonchev–Trinajstić information content (AvgIpc) is 2.26. The van der Waals surface area contributed by atoms with Crippen molar-refractivity contribution in [3.63, 3.8) is 0 Å². The summed E-state index contributed by atoms with van der Waals surface area (Å²) < 4.78 is 43.3. The maximum absolute atomic E-state index is 12.7. The number of nitrogens with two attached hydrogens (primary N) is 1. The van der Waals surface area contributed by atoms with Crippen LogP contribution in [0.15, 0.2) is 24.3 Å². The predicted octanol–water partition coefficient (Wildman–Crippen LogP) is 2.94. The summed E-state index contributed by atoms with van der Waals surface area (Å²) in [4.78, 5) is 11.8. The molecular formula is C13H16F3NO2. The highest BCUT2D eigenvalue weighted by Crippen LogP contribution is 2.31. The van der Waals surface area contributed by atoms with E-state index in [-0.39, 0.29) is 11.7 Å². The largest absolute Gasteiger partial charge is 0.491 e. The molecule has 1 aromatic rings. The van der Waals surface area contributed by atoms with Crippen molar-refractivity contribution < 1.29 is 22.7 Å². The van der Waals surface area contributed by atoms with Gasteiger partial charge in [0.15, 0.2) is 11.3 Å². The van der Waals surface area contributed by atoms with Crippen molar-refractivity contribution in [3.05, 3.63) is 29.8 Å². The molecule has 0 amide bonds. The molecule has 0 saturated heterocycles. The van der Waals surface area contributed by atoms with Crippen LogP contribution in [0.3, 0.4) is 0 Å². The highest BCUT2D eigenvalue weighted by atomic mass is 19.4. The van der Waals surface area contributed by atoms with Crippen molar-refractivity contribution in [1.29, 1.82) is 0 Å². The van der Waals surface area contributed by atoms with Crippen LogP contribution in [0, 0.1) is 0 Å². The molecule has 0 fully saturated rings. The first-order valence-electron chi connectivity index (χ1n) is 5.73. The Balaban J connectivity index is 2.96. The van der Waals surface area contributed by atoms with Crippen LogP contribution in [0.1, 0.15) is 31.1 Å². The number of hydrogen-bond donors (Lipinski definition) is 1. The molecule has 1 atom stereocenters. The molecule has 1 unspecified atom stereocenters. The predicted molar refractivity (Wildman–Crippen MR) is 65.2 cm³/mol. The van der Waals surface area contributed by atoms with Gasteiger partial charge in [0.25, 0.3) is 0 Å². The van der Waals surface area contributed by atoms with Gasteiger partial charge in [-0.25, -0.2) is 0 Å². The minimum absolute atomic E-state index is 0.0588. The topological polar surface area (TPSA) is 52.3 Å².